The average Bonchev–Trinajstić information content (AvgIpc) is 2.81. The fourth-order valence-electron chi connectivity index (χ4n) is 3.31. The van der Waals surface area contributed by atoms with Crippen LogP contribution in [0.1, 0.15) is 46.5 Å². The minimum Gasteiger partial charge on any atom is -0.492 e. The molecule has 0 aliphatic carbocycles. The first-order valence-corrected chi connectivity index (χ1v) is 11.5. The van der Waals surface area contributed by atoms with Gasteiger partial charge >= 0.3 is 11.9 Å². The SMILES string of the molecule is CCN(CC)CCOc1c(C)cc(C(=O)/C=C/c2ccccc2C)cc1C.O=C(O)/C=C/C(=O)O. The maximum Gasteiger partial charge on any atom is 0.328 e. The van der Waals surface area contributed by atoms with Gasteiger partial charge in [-0.3, -0.25) is 4.79 Å². The van der Waals surface area contributed by atoms with E-state index in [1.165, 1.54) is 0 Å². The number of ether oxygens (including phenoxy) is 1. The van der Waals surface area contributed by atoms with Gasteiger partial charge in [-0.25, -0.2) is 9.59 Å². The number of carbonyl (C=O) groups excluding carboxylic acids is 1. The van der Waals surface area contributed by atoms with Crippen LogP contribution in [0.25, 0.3) is 6.08 Å². The summed E-state index contributed by atoms with van der Waals surface area (Å²) in [5.41, 5.74) is 4.93. The van der Waals surface area contributed by atoms with E-state index in [0.29, 0.717) is 24.3 Å². The summed E-state index contributed by atoms with van der Waals surface area (Å²) in [5, 5.41) is 15.6. The number of benzene rings is 2. The second-order valence-electron chi connectivity index (χ2n) is 7.88. The Labute approximate surface area is 207 Å². The summed E-state index contributed by atoms with van der Waals surface area (Å²) in [6.45, 7) is 14.0. The predicted octanol–water partition coefficient (Wildman–Crippen LogP) is 4.94. The summed E-state index contributed by atoms with van der Waals surface area (Å²) in [6.07, 6.45) is 4.65. The number of nitrogens with zero attached hydrogens (tertiary/aromatic N) is 1. The zero-order chi connectivity index (χ0) is 26.4. The van der Waals surface area contributed by atoms with Gasteiger partial charge in [-0.1, -0.05) is 44.2 Å². The summed E-state index contributed by atoms with van der Waals surface area (Å²) in [7, 11) is 0. The van der Waals surface area contributed by atoms with E-state index in [1.54, 1.807) is 6.08 Å². The van der Waals surface area contributed by atoms with Gasteiger partial charge in [-0.2, -0.15) is 0 Å². The number of hydrogen-bond donors (Lipinski definition) is 2. The van der Waals surface area contributed by atoms with Crippen molar-refractivity contribution < 1.29 is 29.3 Å². The van der Waals surface area contributed by atoms with Crippen molar-refractivity contribution in [3.8, 4) is 5.75 Å². The number of allylic oxidation sites excluding steroid dienone is 1. The van der Waals surface area contributed by atoms with Crippen LogP contribution in [-0.4, -0.2) is 59.1 Å². The minimum absolute atomic E-state index is 0.0131. The van der Waals surface area contributed by atoms with E-state index in [0.717, 1.165) is 47.6 Å². The van der Waals surface area contributed by atoms with Crippen molar-refractivity contribution in [3.63, 3.8) is 0 Å². The number of aliphatic carboxylic acids is 2. The average molecular weight is 482 g/mol. The molecule has 0 bridgehead atoms. The summed E-state index contributed by atoms with van der Waals surface area (Å²) in [4.78, 5) is 34.0. The van der Waals surface area contributed by atoms with E-state index in [2.05, 4.69) is 18.7 Å². The van der Waals surface area contributed by atoms with Gasteiger partial charge in [0.05, 0.1) is 0 Å². The molecule has 0 atom stereocenters. The van der Waals surface area contributed by atoms with Gasteiger partial charge in [0.15, 0.2) is 5.78 Å². The van der Waals surface area contributed by atoms with Crippen LogP contribution >= 0.6 is 0 Å². The first-order chi connectivity index (χ1) is 16.6. The van der Waals surface area contributed by atoms with Gasteiger partial charge in [-0.15, -0.1) is 0 Å². The van der Waals surface area contributed by atoms with Crippen LogP contribution in [-0.2, 0) is 9.59 Å². The maximum absolute atomic E-state index is 12.6. The maximum atomic E-state index is 12.6. The van der Waals surface area contributed by atoms with Gasteiger partial charge in [0, 0.05) is 24.3 Å². The largest absolute Gasteiger partial charge is 0.492 e. The third kappa shape index (κ3) is 10.8. The Bertz CT molecular complexity index is 1030. The molecule has 0 aliphatic heterocycles. The molecule has 0 heterocycles. The van der Waals surface area contributed by atoms with E-state index in [4.69, 9.17) is 14.9 Å². The summed E-state index contributed by atoms with van der Waals surface area (Å²) >= 11 is 0. The van der Waals surface area contributed by atoms with Crippen LogP contribution in [0.3, 0.4) is 0 Å². The highest BCUT2D eigenvalue weighted by Gasteiger charge is 2.11. The van der Waals surface area contributed by atoms with Crippen molar-refractivity contribution in [1.82, 2.24) is 4.90 Å². The number of carboxylic acids is 2. The Morgan fingerprint density at radius 3 is 1.89 bits per heavy atom. The number of likely N-dealkylation sites (N-methyl/N-ethyl adjacent to an activating group) is 1. The lowest BCUT2D eigenvalue weighted by Gasteiger charge is -2.19. The molecule has 0 aliphatic rings. The number of carboxylic acid groups (broad SMARTS) is 2. The number of rotatable bonds is 11. The van der Waals surface area contributed by atoms with Crippen molar-refractivity contribution in [2.24, 2.45) is 0 Å². The fourth-order valence-corrected chi connectivity index (χ4v) is 3.31. The summed E-state index contributed by atoms with van der Waals surface area (Å²) in [6, 6.07) is 11.9. The van der Waals surface area contributed by atoms with Gasteiger partial charge in [0.1, 0.15) is 12.4 Å². The molecule has 0 radical (unpaired) electrons. The normalized spacial score (nSPS) is 10.9. The number of aryl methyl sites for hydroxylation is 3. The van der Waals surface area contributed by atoms with Crippen molar-refractivity contribution in [2.75, 3.05) is 26.2 Å². The second kappa shape index (κ2) is 15.2. The molecule has 2 rings (SSSR count). The van der Waals surface area contributed by atoms with E-state index in [-0.39, 0.29) is 5.78 Å². The molecule has 35 heavy (non-hydrogen) atoms. The van der Waals surface area contributed by atoms with Crippen molar-refractivity contribution in [1.29, 1.82) is 0 Å². The van der Waals surface area contributed by atoms with Crippen molar-refractivity contribution in [3.05, 3.63) is 82.4 Å². The van der Waals surface area contributed by atoms with Crippen LogP contribution in [0, 0.1) is 20.8 Å². The van der Waals surface area contributed by atoms with Crippen LogP contribution in [0.15, 0.2) is 54.6 Å². The number of carbonyl (C=O) groups is 3. The molecule has 0 unspecified atom stereocenters. The Morgan fingerprint density at radius 2 is 1.40 bits per heavy atom. The van der Waals surface area contributed by atoms with Crippen LogP contribution in [0.4, 0.5) is 0 Å². The molecule has 0 saturated carbocycles. The Hall–Kier alpha value is -3.71. The van der Waals surface area contributed by atoms with E-state index in [1.807, 2.05) is 63.2 Å². The lowest BCUT2D eigenvalue weighted by Crippen LogP contribution is -2.28. The zero-order valence-corrected chi connectivity index (χ0v) is 21.1. The monoisotopic (exact) mass is 481 g/mol. The minimum atomic E-state index is -1.26. The zero-order valence-electron chi connectivity index (χ0n) is 21.1. The van der Waals surface area contributed by atoms with Gasteiger partial charge in [0.2, 0.25) is 0 Å². The Kier molecular flexibility index (Phi) is 12.8. The highest BCUT2D eigenvalue weighted by Crippen LogP contribution is 2.25. The van der Waals surface area contributed by atoms with Crippen LogP contribution in [0.5, 0.6) is 5.75 Å². The molecular weight excluding hydrogens is 446 g/mol. The van der Waals surface area contributed by atoms with E-state index >= 15 is 0 Å². The second-order valence-corrected chi connectivity index (χ2v) is 7.88. The van der Waals surface area contributed by atoms with Gasteiger partial charge in [0.25, 0.3) is 0 Å². The quantitative estimate of drug-likeness (QED) is 0.346. The molecule has 2 aromatic rings. The predicted molar refractivity (Wildman–Crippen MR) is 138 cm³/mol. The highest BCUT2D eigenvalue weighted by molar-refractivity contribution is 6.07. The van der Waals surface area contributed by atoms with Crippen LogP contribution < -0.4 is 4.74 Å². The lowest BCUT2D eigenvalue weighted by atomic mass is 10.0. The molecule has 0 aromatic heterocycles. The highest BCUT2D eigenvalue weighted by atomic mass is 16.5. The smallest absolute Gasteiger partial charge is 0.328 e. The first kappa shape index (κ1) is 29.3. The number of ketones is 1. The molecular formula is C28H35NO6. The molecule has 7 heteroatoms. The first-order valence-electron chi connectivity index (χ1n) is 11.5. The van der Waals surface area contributed by atoms with Crippen molar-refractivity contribution in [2.45, 2.75) is 34.6 Å². The summed E-state index contributed by atoms with van der Waals surface area (Å²) < 4.78 is 6.01. The standard InChI is InChI=1S/C24H31NO2.C4H4O4/c1-6-25(7-2)14-15-27-24-19(4)16-22(17-20(24)5)23(26)13-12-21-11-9-8-10-18(21)3;5-3(6)1-2-4(7)8/h8-13,16-17H,6-7,14-15H2,1-5H3;1-2H,(H,5,6)(H,7,8)/b13-12+;2-1+. The molecule has 188 valence electrons. The van der Waals surface area contributed by atoms with Gasteiger partial charge < -0.3 is 19.8 Å². The Balaban J connectivity index is 0.000000658. The van der Waals surface area contributed by atoms with Gasteiger partial charge in [-0.05, 0) is 74.3 Å². The molecule has 0 saturated heterocycles. The van der Waals surface area contributed by atoms with Crippen LogP contribution in [0.2, 0.25) is 0 Å². The Morgan fingerprint density at radius 1 is 0.857 bits per heavy atom. The third-order valence-corrected chi connectivity index (χ3v) is 5.26. The lowest BCUT2D eigenvalue weighted by molar-refractivity contribution is -0.134. The molecule has 2 N–H and O–H groups in total. The van der Waals surface area contributed by atoms with Crippen molar-refractivity contribution >= 4 is 23.8 Å². The van der Waals surface area contributed by atoms with E-state index in [9.17, 15) is 14.4 Å². The number of hydrogen-bond acceptors (Lipinski definition) is 5. The molecule has 7 nitrogen and oxygen atoms in total. The van der Waals surface area contributed by atoms with E-state index < -0.39 is 11.9 Å². The topological polar surface area (TPSA) is 104 Å². The summed E-state index contributed by atoms with van der Waals surface area (Å²) in [5.74, 6) is -1.61. The molecule has 0 spiro atoms. The molecule has 0 fully saturated rings. The molecule has 2 aromatic carbocycles. The molecule has 0 amide bonds. The third-order valence-electron chi connectivity index (χ3n) is 5.26. The fraction of sp³-hybridized carbons (Fsp3) is 0.321.